The summed E-state index contributed by atoms with van der Waals surface area (Å²) in [5, 5.41) is 5.89. The van der Waals surface area contributed by atoms with Gasteiger partial charge in [0.2, 0.25) is 37.3 Å². The average Bonchev–Trinajstić information content (AvgIpc) is 3.03. The van der Waals surface area contributed by atoms with Crippen LogP contribution in [0.2, 0.25) is 0 Å². The zero-order valence-corrected chi connectivity index (χ0v) is 29.3. The summed E-state index contributed by atoms with van der Waals surface area (Å²) in [6.45, 7) is 9.18. The van der Waals surface area contributed by atoms with Gasteiger partial charge in [-0.1, -0.05) is 33.1 Å². The van der Waals surface area contributed by atoms with Crippen LogP contribution in [0, 0.1) is 11.8 Å². The van der Waals surface area contributed by atoms with E-state index in [4.69, 9.17) is 4.42 Å². The Balaban J connectivity index is 0.000000316. The molecule has 2 amide bonds. The molecule has 1 heterocycles. The lowest BCUT2D eigenvalue weighted by atomic mass is 9.81. The third-order valence-corrected chi connectivity index (χ3v) is 11.0. The molecule has 2 unspecified atom stereocenters. The summed E-state index contributed by atoms with van der Waals surface area (Å²) in [5.74, 6) is 1.25. The van der Waals surface area contributed by atoms with Gasteiger partial charge in [-0.15, -0.1) is 0 Å². The van der Waals surface area contributed by atoms with E-state index >= 15 is 0 Å². The number of fused-ring (bicyclic) bond motifs is 2. The normalized spacial score (nSPS) is 16.8. The Bertz CT molecular complexity index is 1680. The molecule has 1 aliphatic carbocycles. The monoisotopic (exact) mass is 692 g/mol. The Kier molecular flexibility index (Phi) is 14.4. The molecule has 12 nitrogen and oxygen atoms in total. The fourth-order valence-corrected chi connectivity index (χ4v) is 7.63. The van der Waals surface area contributed by atoms with Gasteiger partial charge in [0.1, 0.15) is 11.2 Å². The molecule has 0 aliphatic heterocycles. The lowest BCUT2D eigenvalue weighted by molar-refractivity contribution is -0.119. The molecule has 47 heavy (non-hydrogen) atoms. The minimum atomic E-state index is -3.77. The molecule has 1 fully saturated rings. The minimum absolute atomic E-state index is 0.0454. The molecule has 1 saturated carbocycles. The highest BCUT2D eigenvalue weighted by atomic mass is 32.2. The number of carbonyl (C=O) groups is 2. The topological polar surface area (TPSA) is 181 Å². The number of sulfonamides is 2. The molecule has 0 radical (unpaired) electrons. The van der Waals surface area contributed by atoms with Crippen LogP contribution in [0.4, 0.5) is 0 Å². The lowest BCUT2D eigenvalue weighted by Gasteiger charge is -2.29. The highest BCUT2D eigenvalue weighted by Gasteiger charge is 2.22. The number of carbonyl (C=O) groups excluding carboxylic acids is 2. The van der Waals surface area contributed by atoms with Crippen molar-refractivity contribution >= 4 is 53.8 Å². The number of hydrogen-bond acceptors (Lipinski definition) is 8. The number of rotatable bonds is 14. The van der Waals surface area contributed by atoms with Crippen molar-refractivity contribution in [2.45, 2.75) is 88.9 Å². The van der Waals surface area contributed by atoms with Crippen LogP contribution in [0.3, 0.4) is 0 Å². The summed E-state index contributed by atoms with van der Waals surface area (Å²) < 4.78 is 60.8. The Morgan fingerprint density at radius 2 is 1.17 bits per heavy atom. The number of nitrogens with one attached hydrogen (secondary N) is 4. The van der Waals surface area contributed by atoms with Gasteiger partial charge in [-0.05, 0) is 80.3 Å². The highest BCUT2D eigenvalue weighted by molar-refractivity contribution is 7.89. The van der Waals surface area contributed by atoms with Crippen molar-refractivity contribution in [1.82, 2.24) is 20.1 Å². The molecule has 260 valence electrons. The molecule has 0 bridgehead atoms. The van der Waals surface area contributed by atoms with Gasteiger partial charge in [-0.3, -0.25) is 14.4 Å². The van der Waals surface area contributed by atoms with Crippen LogP contribution in [0.25, 0.3) is 21.9 Å². The van der Waals surface area contributed by atoms with Crippen LogP contribution in [0.15, 0.2) is 55.4 Å². The van der Waals surface area contributed by atoms with E-state index in [2.05, 4.69) is 20.1 Å². The molecule has 1 aliphatic rings. The van der Waals surface area contributed by atoms with Crippen molar-refractivity contribution < 1.29 is 30.8 Å². The number of benzene rings is 2. The first kappa shape index (κ1) is 38.1. The average molecular weight is 693 g/mol. The standard InChI is InChI=1S/C21H26N2O6S2.C12H22N2O2/c1-3-5-11-22-30(25,26)15-7-9-19-17(13-15)21(24)18-14-16(8-10-20(18)29-19)31(27,28)23-12-6-4-2;1-9(15)13-7-11-4-3-5-12(6-11)8-14-10(2)16/h7-10,13-14,22-23H,3-6,11-12H2,1-2H3;11-12H,3-8H2,1-2H3,(H,13,15)(H,14,16). The summed E-state index contributed by atoms with van der Waals surface area (Å²) in [6, 6.07) is 8.14. The largest absolute Gasteiger partial charge is 0.456 e. The van der Waals surface area contributed by atoms with E-state index in [9.17, 15) is 31.2 Å². The molecular weight excluding hydrogens is 645 g/mol. The maximum atomic E-state index is 13.1. The first-order valence-electron chi connectivity index (χ1n) is 16.3. The number of hydrogen-bond donors (Lipinski definition) is 4. The van der Waals surface area contributed by atoms with Crippen LogP contribution < -0.4 is 25.5 Å². The fraction of sp³-hybridized carbons (Fsp3) is 0.545. The van der Waals surface area contributed by atoms with Crippen molar-refractivity contribution in [3.63, 3.8) is 0 Å². The molecule has 2 atom stereocenters. The summed E-state index contributed by atoms with van der Waals surface area (Å²) in [4.78, 5) is 34.6. The van der Waals surface area contributed by atoms with E-state index in [0.717, 1.165) is 32.4 Å². The number of unbranched alkanes of at least 4 members (excludes halogenated alkanes) is 2. The third-order valence-electron chi connectivity index (χ3n) is 8.05. The van der Waals surface area contributed by atoms with E-state index < -0.39 is 25.5 Å². The van der Waals surface area contributed by atoms with Gasteiger partial charge in [0.05, 0.1) is 20.6 Å². The molecule has 1 aromatic heterocycles. The predicted molar refractivity (Wildman–Crippen MR) is 183 cm³/mol. The summed E-state index contributed by atoms with van der Waals surface area (Å²) in [7, 11) is -7.55. The minimum Gasteiger partial charge on any atom is -0.456 e. The van der Waals surface area contributed by atoms with Crippen LogP contribution in [0.5, 0.6) is 0 Å². The van der Waals surface area contributed by atoms with E-state index in [1.54, 1.807) is 13.8 Å². The molecule has 3 aromatic rings. The molecule has 0 saturated heterocycles. The lowest BCUT2D eigenvalue weighted by Crippen LogP contribution is -2.34. The number of amides is 2. The van der Waals surface area contributed by atoms with Crippen molar-refractivity contribution in [1.29, 1.82) is 0 Å². The van der Waals surface area contributed by atoms with Crippen LogP contribution >= 0.6 is 0 Å². The second kappa shape index (κ2) is 17.7. The Labute approximate surface area is 277 Å². The predicted octanol–water partition coefficient (Wildman–Crippen LogP) is 4.17. The van der Waals surface area contributed by atoms with Gasteiger partial charge in [0, 0.05) is 40.0 Å². The van der Waals surface area contributed by atoms with E-state index in [1.165, 1.54) is 55.7 Å². The summed E-state index contributed by atoms with van der Waals surface area (Å²) >= 11 is 0. The van der Waals surface area contributed by atoms with E-state index in [-0.39, 0.29) is 43.5 Å². The van der Waals surface area contributed by atoms with Crippen LogP contribution in [-0.2, 0) is 29.6 Å². The van der Waals surface area contributed by atoms with Crippen LogP contribution in [0.1, 0.15) is 79.1 Å². The second-order valence-electron chi connectivity index (χ2n) is 12.0. The van der Waals surface area contributed by atoms with Gasteiger partial charge in [0.15, 0.2) is 0 Å². The van der Waals surface area contributed by atoms with Gasteiger partial charge >= 0.3 is 0 Å². The summed E-state index contributed by atoms with van der Waals surface area (Å²) in [6.07, 6.45) is 7.78. The molecule has 4 N–H and O–H groups in total. The third kappa shape index (κ3) is 11.4. The first-order valence-corrected chi connectivity index (χ1v) is 19.2. The highest BCUT2D eigenvalue weighted by Crippen LogP contribution is 2.28. The molecular formula is C33H48N4O8S2. The van der Waals surface area contributed by atoms with Gasteiger partial charge < -0.3 is 15.1 Å². The smallest absolute Gasteiger partial charge is 0.240 e. The Hall–Kier alpha value is -3.33. The van der Waals surface area contributed by atoms with Gasteiger partial charge in [-0.25, -0.2) is 26.3 Å². The zero-order valence-electron chi connectivity index (χ0n) is 27.7. The van der Waals surface area contributed by atoms with E-state index in [0.29, 0.717) is 37.8 Å². The van der Waals surface area contributed by atoms with Crippen molar-refractivity contribution in [2.24, 2.45) is 11.8 Å². The second-order valence-corrected chi connectivity index (χ2v) is 15.6. The zero-order chi connectivity index (χ0) is 34.6. The quantitative estimate of drug-likeness (QED) is 0.144. The first-order chi connectivity index (χ1) is 22.3. The van der Waals surface area contributed by atoms with Gasteiger partial charge in [-0.2, -0.15) is 0 Å². The SMILES string of the molecule is CC(=O)NCC1CCCC(CNC(C)=O)C1.CCCCNS(=O)(=O)c1ccc2oc3ccc(S(=O)(=O)NCCCC)cc3c(=O)c2c1. The fourth-order valence-electron chi connectivity index (χ4n) is 5.43. The van der Waals surface area contributed by atoms with Crippen LogP contribution in [-0.4, -0.2) is 54.8 Å². The maximum Gasteiger partial charge on any atom is 0.240 e. The maximum absolute atomic E-state index is 13.1. The Morgan fingerprint density at radius 1 is 0.745 bits per heavy atom. The van der Waals surface area contributed by atoms with Crippen molar-refractivity contribution in [2.75, 3.05) is 26.2 Å². The van der Waals surface area contributed by atoms with Gasteiger partial charge in [0.25, 0.3) is 0 Å². The van der Waals surface area contributed by atoms with Crippen molar-refractivity contribution in [3.8, 4) is 0 Å². The van der Waals surface area contributed by atoms with E-state index in [1.807, 2.05) is 13.8 Å². The van der Waals surface area contributed by atoms with Crippen molar-refractivity contribution in [3.05, 3.63) is 46.6 Å². The molecule has 4 rings (SSSR count). The molecule has 0 spiro atoms. The Morgan fingerprint density at radius 3 is 1.55 bits per heavy atom. The summed E-state index contributed by atoms with van der Waals surface area (Å²) in [5.41, 5.74) is -0.0455. The molecule has 2 aromatic carbocycles. The molecule has 14 heteroatoms.